The van der Waals surface area contributed by atoms with Crippen LogP contribution in [-0.2, 0) is 17.9 Å². The van der Waals surface area contributed by atoms with Crippen molar-refractivity contribution >= 4 is 17.3 Å². The minimum atomic E-state index is 0.613. The molecule has 6 nitrogen and oxygen atoms in total. The highest BCUT2D eigenvalue weighted by atomic mass is 32.1. The maximum absolute atomic E-state index is 5.72. The first-order valence-corrected chi connectivity index (χ1v) is 9.53. The number of nitrogens with zero attached hydrogens (tertiary/aromatic N) is 3. The van der Waals surface area contributed by atoms with Crippen molar-refractivity contribution in [1.82, 2.24) is 15.2 Å². The van der Waals surface area contributed by atoms with Gasteiger partial charge in [0.25, 0.3) is 0 Å². The molecule has 0 fully saturated rings. The largest absolute Gasteiger partial charge is 0.497 e. The quantitative estimate of drug-likeness (QED) is 0.414. The zero-order valence-electron chi connectivity index (χ0n) is 16.0. The summed E-state index contributed by atoms with van der Waals surface area (Å²) in [6.07, 6.45) is 0.915. The molecule has 0 unspecified atom stereocenters. The summed E-state index contributed by atoms with van der Waals surface area (Å²) in [4.78, 5) is 10.9. The molecule has 1 heterocycles. The van der Waals surface area contributed by atoms with Gasteiger partial charge in [0.2, 0.25) is 0 Å². The Morgan fingerprint density at radius 1 is 1.31 bits per heavy atom. The number of aliphatic imine (C=N–C) groups is 1. The summed E-state index contributed by atoms with van der Waals surface area (Å²) >= 11 is 1.67. The molecule has 0 aliphatic rings. The lowest BCUT2D eigenvalue weighted by Crippen LogP contribution is -2.39. The minimum absolute atomic E-state index is 0.613. The molecular formula is C19H28N4O2S. The van der Waals surface area contributed by atoms with Gasteiger partial charge in [-0.1, -0.05) is 12.1 Å². The Morgan fingerprint density at radius 2 is 2.08 bits per heavy atom. The first-order chi connectivity index (χ1) is 12.6. The summed E-state index contributed by atoms with van der Waals surface area (Å²) < 4.78 is 10.9. The SMILES string of the molecule is CN=C(NCCCOCc1ccc(OC)cc1)N(C)Cc1csc(C)n1. The summed E-state index contributed by atoms with van der Waals surface area (Å²) in [6, 6.07) is 7.94. The molecule has 1 N–H and O–H groups in total. The molecule has 0 atom stereocenters. The van der Waals surface area contributed by atoms with E-state index >= 15 is 0 Å². The van der Waals surface area contributed by atoms with Gasteiger partial charge in [-0.2, -0.15) is 0 Å². The van der Waals surface area contributed by atoms with Crippen LogP contribution in [-0.4, -0.2) is 50.2 Å². The van der Waals surface area contributed by atoms with E-state index in [2.05, 4.69) is 25.6 Å². The van der Waals surface area contributed by atoms with Gasteiger partial charge in [0.1, 0.15) is 5.75 Å². The number of aromatic nitrogens is 1. The van der Waals surface area contributed by atoms with Gasteiger partial charge in [0.05, 0.1) is 31.0 Å². The van der Waals surface area contributed by atoms with Crippen LogP contribution in [0.1, 0.15) is 22.7 Å². The van der Waals surface area contributed by atoms with E-state index in [1.165, 1.54) is 0 Å². The number of rotatable bonds is 9. The van der Waals surface area contributed by atoms with Crippen molar-refractivity contribution in [2.45, 2.75) is 26.5 Å². The van der Waals surface area contributed by atoms with Crippen molar-refractivity contribution in [2.24, 2.45) is 4.99 Å². The van der Waals surface area contributed by atoms with Crippen LogP contribution < -0.4 is 10.1 Å². The zero-order chi connectivity index (χ0) is 18.8. The van der Waals surface area contributed by atoms with Crippen LogP contribution in [0.5, 0.6) is 5.75 Å². The number of guanidine groups is 1. The Kier molecular flexibility index (Phi) is 8.37. The average molecular weight is 377 g/mol. The van der Waals surface area contributed by atoms with E-state index in [0.29, 0.717) is 13.2 Å². The average Bonchev–Trinajstić information content (AvgIpc) is 3.06. The van der Waals surface area contributed by atoms with Crippen molar-refractivity contribution in [1.29, 1.82) is 0 Å². The lowest BCUT2D eigenvalue weighted by atomic mass is 10.2. The number of aryl methyl sites for hydroxylation is 1. The van der Waals surface area contributed by atoms with E-state index in [9.17, 15) is 0 Å². The highest BCUT2D eigenvalue weighted by Gasteiger charge is 2.08. The number of thiazole rings is 1. The van der Waals surface area contributed by atoms with Crippen molar-refractivity contribution < 1.29 is 9.47 Å². The summed E-state index contributed by atoms with van der Waals surface area (Å²) in [5.41, 5.74) is 2.22. The van der Waals surface area contributed by atoms with Gasteiger partial charge < -0.3 is 19.7 Å². The second kappa shape index (κ2) is 10.8. The number of hydrogen-bond donors (Lipinski definition) is 1. The van der Waals surface area contributed by atoms with Gasteiger partial charge in [0.15, 0.2) is 5.96 Å². The van der Waals surface area contributed by atoms with Crippen LogP contribution in [0.2, 0.25) is 0 Å². The maximum Gasteiger partial charge on any atom is 0.193 e. The van der Waals surface area contributed by atoms with E-state index in [4.69, 9.17) is 9.47 Å². The van der Waals surface area contributed by atoms with Crippen molar-refractivity contribution in [2.75, 3.05) is 34.4 Å². The van der Waals surface area contributed by atoms with Crippen LogP contribution in [0.15, 0.2) is 34.6 Å². The fourth-order valence-electron chi connectivity index (χ4n) is 2.47. The van der Waals surface area contributed by atoms with Crippen molar-refractivity contribution in [3.8, 4) is 5.75 Å². The second-order valence-corrected chi connectivity index (χ2v) is 7.00. The molecule has 1 aromatic heterocycles. The maximum atomic E-state index is 5.72. The molecule has 142 valence electrons. The molecule has 1 aromatic carbocycles. The Labute approximate surface area is 159 Å². The standard InChI is InChI=1S/C19H28N4O2S/c1-15-22-17(14-26-15)12-23(3)19(20-2)21-10-5-11-25-13-16-6-8-18(24-4)9-7-16/h6-9,14H,5,10-13H2,1-4H3,(H,20,21). The molecule has 0 aliphatic carbocycles. The summed E-state index contributed by atoms with van der Waals surface area (Å²) in [5.74, 6) is 1.73. The normalized spacial score (nSPS) is 11.5. The fourth-order valence-corrected chi connectivity index (χ4v) is 3.07. The van der Waals surface area contributed by atoms with Gasteiger partial charge in [-0.25, -0.2) is 4.98 Å². The first kappa shape index (κ1) is 20.2. The van der Waals surface area contributed by atoms with Crippen LogP contribution in [0.4, 0.5) is 0 Å². The molecule has 2 aromatic rings. The highest BCUT2D eigenvalue weighted by Crippen LogP contribution is 2.12. The van der Waals surface area contributed by atoms with E-state index in [1.807, 2.05) is 38.2 Å². The molecule has 0 saturated heterocycles. The Balaban J connectivity index is 1.62. The third kappa shape index (κ3) is 6.65. The monoisotopic (exact) mass is 376 g/mol. The van der Waals surface area contributed by atoms with Crippen LogP contribution >= 0.6 is 11.3 Å². The highest BCUT2D eigenvalue weighted by molar-refractivity contribution is 7.09. The summed E-state index contributed by atoms with van der Waals surface area (Å²) in [7, 11) is 5.48. The third-order valence-corrected chi connectivity index (χ3v) is 4.64. The smallest absolute Gasteiger partial charge is 0.193 e. The lowest BCUT2D eigenvalue weighted by Gasteiger charge is -2.21. The van der Waals surface area contributed by atoms with Gasteiger partial charge in [-0.3, -0.25) is 4.99 Å². The second-order valence-electron chi connectivity index (χ2n) is 5.94. The fraction of sp³-hybridized carbons (Fsp3) is 0.474. The zero-order valence-corrected chi connectivity index (χ0v) is 16.8. The number of nitrogens with one attached hydrogen (secondary N) is 1. The van der Waals surface area contributed by atoms with Crippen LogP contribution in [0.3, 0.4) is 0 Å². The van der Waals surface area contributed by atoms with Gasteiger partial charge in [-0.15, -0.1) is 11.3 Å². The molecule has 26 heavy (non-hydrogen) atoms. The number of ether oxygens (including phenoxy) is 2. The lowest BCUT2D eigenvalue weighted by molar-refractivity contribution is 0.119. The van der Waals surface area contributed by atoms with Gasteiger partial charge in [-0.05, 0) is 31.0 Å². The number of methoxy groups -OCH3 is 1. The minimum Gasteiger partial charge on any atom is -0.497 e. The molecule has 7 heteroatoms. The Bertz CT molecular complexity index is 685. The first-order valence-electron chi connectivity index (χ1n) is 8.66. The van der Waals surface area contributed by atoms with E-state index in [-0.39, 0.29) is 0 Å². The van der Waals surface area contributed by atoms with Gasteiger partial charge in [0, 0.05) is 32.6 Å². The summed E-state index contributed by atoms with van der Waals surface area (Å²) in [5, 5.41) is 6.54. The topological polar surface area (TPSA) is 59.0 Å². The molecule has 0 saturated carbocycles. The van der Waals surface area contributed by atoms with Crippen LogP contribution in [0, 0.1) is 6.92 Å². The number of benzene rings is 1. The molecule has 0 aliphatic heterocycles. The molecular weight excluding hydrogens is 348 g/mol. The molecule has 2 rings (SSSR count). The summed E-state index contributed by atoms with van der Waals surface area (Å²) in [6.45, 7) is 4.90. The van der Waals surface area contributed by atoms with E-state index < -0.39 is 0 Å². The van der Waals surface area contributed by atoms with Crippen molar-refractivity contribution in [3.63, 3.8) is 0 Å². The van der Waals surface area contributed by atoms with E-state index in [1.54, 1.807) is 25.5 Å². The molecule has 0 radical (unpaired) electrons. The predicted octanol–water partition coefficient (Wildman–Crippen LogP) is 3.07. The van der Waals surface area contributed by atoms with Crippen LogP contribution in [0.25, 0.3) is 0 Å². The molecule has 0 bridgehead atoms. The number of hydrogen-bond acceptors (Lipinski definition) is 5. The molecule has 0 amide bonds. The predicted molar refractivity (Wildman–Crippen MR) is 107 cm³/mol. The van der Waals surface area contributed by atoms with Crippen molar-refractivity contribution in [3.05, 3.63) is 45.9 Å². The Hall–Kier alpha value is -2.12. The third-order valence-electron chi connectivity index (χ3n) is 3.82. The Morgan fingerprint density at radius 3 is 2.69 bits per heavy atom. The molecule has 0 spiro atoms. The van der Waals surface area contributed by atoms with E-state index in [0.717, 1.165) is 47.5 Å². The van der Waals surface area contributed by atoms with Gasteiger partial charge >= 0.3 is 0 Å².